The first-order valence-corrected chi connectivity index (χ1v) is 11.7. The summed E-state index contributed by atoms with van der Waals surface area (Å²) in [5.41, 5.74) is -0.0473. The van der Waals surface area contributed by atoms with Crippen molar-refractivity contribution in [2.75, 3.05) is 27.3 Å². The van der Waals surface area contributed by atoms with Crippen molar-refractivity contribution in [3.05, 3.63) is 23.8 Å². The van der Waals surface area contributed by atoms with Crippen LogP contribution in [0.5, 0.6) is 11.5 Å². The molecule has 1 saturated carbocycles. The molecule has 8 nitrogen and oxygen atoms in total. The van der Waals surface area contributed by atoms with Gasteiger partial charge in [0.1, 0.15) is 23.6 Å². The van der Waals surface area contributed by atoms with E-state index >= 15 is 0 Å². The second-order valence-electron chi connectivity index (χ2n) is 10.6. The van der Waals surface area contributed by atoms with Crippen LogP contribution in [0, 0.1) is 11.3 Å². The average Bonchev–Trinajstić information content (AvgIpc) is 3.31. The monoisotopic (exact) mass is 457 g/mol. The summed E-state index contributed by atoms with van der Waals surface area (Å²) in [7, 11) is 3.19. The van der Waals surface area contributed by atoms with Gasteiger partial charge in [0, 0.05) is 18.2 Å². The summed E-state index contributed by atoms with van der Waals surface area (Å²) < 4.78 is 10.8. The molecule has 180 valence electrons. The topological polar surface area (TPSA) is 88.2 Å². The molecule has 4 rings (SSSR count). The van der Waals surface area contributed by atoms with E-state index in [4.69, 9.17) is 9.47 Å². The Morgan fingerprint density at radius 2 is 1.94 bits per heavy atom. The zero-order valence-electron chi connectivity index (χ0n) is 20.3. The summed E-state index contributed by atoms with van der Waals surface area (Å²) in [6.07, 6.45) is 3.86. The fourth-order valence-electron chi connectivity index (χ4n) is 6.36. The van der Waals surface area contributed by atoms with Crippen molar-refractivity contribution in [2.45, 2.75) is 64.5 Å². The lowest BCUT2D eigenvalue weighted by Crippen LogP contribution is -2.54. The van der Waals surface area contributed by atoms with Gasteiger partial charge in [0.25, 0.3) is 5.91 Å². The molecule has 1 spiro atoms. The maximum Gasteiger partial charge on any atom is 0.325 e. The second-order valence-corrected chi connectivity index (χ2v) is 10.6. The number of hydrogen-bond donors (Lipinski definition) is 1. The summed E-state index contributed by atoms with van der Waals surface area (Å²) >= 11 is 0. The number of urea groups is 1. The normalized spacial score (nSPS) is 28.9. The van der Waals surface area contributed by atoms with Crippen molar-refractivity contribution in [3.63, 3.8) is 0 Å². The van der Waals surface area contributed by atoms with E-state index < -0.39 is 11.6 Å². The van der Waals surface area contributed by atoms with Crippen LogP contribution in [0.15, 0.2) is 18.2 Å². The Kier molecular flexibility index (Phi) is 6.05. The Morgan fingerprint density at radius 3 is 2.61 bits per heavy atom. The van der Waals surface area contributed by atoms with Crippen LogP contribution >= 0.6 is 0 Å². The van der Waals surface area contributed by atoms with Crippen molar-refractivity contribution >= 4 is 17.8 Å². The molecule has 3 atom stereocenters. The Labute approximate surface area is 195 Å². The van der Waals surface area contributed by atoms with Gasteiger partial charge < -0.3 is 19.7 Å². The number of benzene rings is 1. The summed E-state index contributed by atoms with van der Waals surface area (Å²) in [6, 6.07) is 4.95. The first kappa shape index (κ1) is 23.4. The molecule has 3 aliphatic rings. The summed E-state index contributed by atoms with van der Waals surface area (Å²) in [5.74, 6) is 1.17. The molecule has 3 unspecified atom stereocenters. The Hall–Kier alpha value is -2.77. The lowest BCUT2D eigenvalue weighted by atomic mass is 9.64. The van der Waals surface area contributed by atoms with Gasteiger partial charge in [-0.25, -0.2) is 4.79 Å². The molecule has 33 heavy (non-hydrogen) atoms. The summed E-state index contributed by atoms with van der Waals surface area (Å²) in [5, 5.41) is 2.96. The van der Waals surface area contributed by atoms with Crippen molar-refractivity contribution in [3.8, 4) is 11.5 Å². The minimum atomic E-state index is -0.901. The van der Waals surface area contributed by atoms with E-state index in [0.29, 0.717) is 36.8 Å². The van der Waals surface area contributed by atoms with Gasteiger partial charge in [-0.15, -0.1) is 0 Å². The van der Waals surface area contributed by atoms with E-state index in [0.717, 1.165) is 29.7 Å². The standard InChI is InChI=1S/C25H35N3O5/c1-16-12-24(2,3)15-25(13-16)22(30)28(23(31)26-25)14-21(29)27-10-6-7-19(27)18-9-8-17(32-4)11-20(18)33-5/h8-9,11,16,19H,6-7,10,12-15H2,1-5H3,(H,26,31). The summed E-state index contributed by atoms with van der Waals surface area (Å²) in [4.78, 5) is 42.5. The Balaban J connectivity index is 1.52. The van der Waals surface area contributed by atoms with Crippen LogP contribution in [0.25, 0.3) is 0 Å². The molecule has 8 heteroatoms. The van der Waals surface area contributed by atoms with E-state index in [1.807, 2.05) is 18.2 Å². The number of ether oxygens (including phenoxy) is 2. The third kappa shape index (κ3) is 4.27. The van der Waals surface area contributed by atoms with Crippen LogP contribution in [0.1, 0.15) is 64.5 Å². The number of hydrogen-bond acceptors (Lipinski definition) is 5. The van der Waals surface area contributed by atoms with Crippen molar-refractivity contribution in [1.82, 2.24) is 15.1 Å². The maximum atomic E-state index is 13.4. The predicted octanol–water partition coefficient (Wildman–Crippen LogP) is 3.50. The molecule has 1 aliphatic carbocycles. The highest BCUT2D eigenvalue weighted by atomic mass is 16.5. The highest BCUT2D eigenvalue weighted by Crippen LogP contribution is 2.46. The molecule has 0 bridgehead atoms. The Bertz CT molecular complexity index is 961. The van der Waals surface area contributed by atoms with E-state index in [2.05, 4.69) is 26.1 Å². The number of carbonyl (C=O) groups excluding carboxylic acids is 3. The number of likely N-dealkylation sites (tertiary alicyclic amines) is 1. The first-order chi connectivity index (χ1) is 15.6. The van der Waals surface area contributed by atoms with Crippen molar-refractivity contribution in [1.29, 1.82) is 0 Å². The minimum absolute atomic E-state index is 0.0500. The van der Waals surface area contributed by atoms with E-state index in [1.165, 1.54) is 0 Å². The fourth-order valence-corrected chi connectivity index (χ4v) is 6.36. The van der Waals surface area contributed by atoms with Gasteiger partial charge in [-0.05, 0) is 55.6 Å². The molecule has 4 amide bonds. The smallest absolute Gasteiger partial charge is 0.325 e. The zero-order chi connectivity index (χ0) is 24.0. The van der Waals surface area contributed by atoms with Crippen LogP contribution in [0.4, 0.5) is 4.79 Å². The molecule has 1 N–H and O–H groups in total. The van der Waals surface area contributed by atoms with E-state index in [9.17, 15) is 14.4 Å². The molecule has 0 radical (unpaired) electrons. The second kappa shape index (κ2) is 8.54. The van der Waals surface area contributed by atoms with Crippen LogP contribution in [-0.2, 0) is 9.59 Å². The van der Waals surface area contributed by atoms with E-state index in [-0.39, 0.29) is 29.8 Å². The molecule has 3 fully saturated rings. The first-order valence-electron chi connectivity index (χ1n) is 11.7. The maximum absolute atomic E-state index is 13.4. The van der Waals surface area contributed by atoms with Gasteiger partial charge in [0.2, 0.25) is 5.91 Å². The van der Waals surface area contributed by atoms with Gasteiger partial charge in [0.05, 0.1) is 20.3 Å². The molecular weight excluding hydrogens is 422 g/mol. The number of nitrogens with zero attached hydrogens (tertiary/aromatic N) is 2. The number of nitrogens with one attached hydrogen (secondary N) is 1. The highest BCUT2D eigenvalue weighted by molar-refractivity contribution is 6.09. The third-order valence-electron chi connectivity index (χ3n) is 7.29. The van der Waals surface area contributed by atoms with Crippen molar-refractivity contribution < 1.29 is 23.9 Å². The fraction of sp³-hybridized carbons (Fsp3) is 0.640. The number of amides is 4. The molecule has 2 heterocycles. The van der Waals surface area contributed by atoms with Crippen LogP contribution in [-0.4, -0.2) is 60.5 Å². The molecule has 1 aromatic rings. The Morgan fingerprint density at radius 1 is 1.18 bits per heavy atom. The van der Waals surface area contributed by atoms with Gasteiger partial charge in [-0.2, -0.15) is 0 Å². The summed E-state index contributed by atoms with van der Waals surface area (Å²) in [6.45, 7) is 6.73. The minimum Gasteiger partial charge on any atom is -0.497 e. The highest BCUT2D eigenvalue weighted by Gasteiger charge is 2.56. The van der Waals surface area contributed by atoms with E-state index in [1.54, 1.807) is 19.1 Å². The molecule has 2 aliphatic heterocycles. The van der Waals surface area contributed by atoms with Gasteiger partial charge in [-0.3, -0.25) is 14.5 Å². The predicted molar refractivity (Wildman–Crippen MR) is 123 cm³/mol. The molecule has 2 saturated heterocycles. The number of methoxy groups -OCH3 is 2. The average molecular weight is 458 g/mol. The molecule has 0 aromatic heterocycles. The molecular formula is C25H35N3O5. The van der Waals surface area contributed by atoms with Crippen LogP contribution < -0.4 is 14.8 Å². The lowest BCUT2D eigenvalue weighted by Gasteiger charge is -2.43. The SMILES string of the molecule is COc1ccc(C2CCCN2C(=O)CN2C(=O)NC3(CC(C)CC(C)(C)C3)C2=O)c(OC)c1. The van der Waals surface area contributed by atoms with Gasteiger partial charge in [-0.1, -0.05) is 20.8 Å². The van der Waals surface area contributed by atoms with Crippen LogP contribution in [0.3, 0.4) is 0 Å². The van der Waals surface area contributed by atoms with Gasteiger partial charge >= 0.3 is 6.03 Å². The number of imide groups is 1. The lowest BCUT2D eigenvalue weighted by molar-refractivity contribution is -0.141. The quantitative estimate of drug-likeness (QED) is 0.684. The third-order valence-corrected chi connectivity index (χ3v) is 7.29. The van der Waals surface area contributed by atoms with Gasteiger partial charge in [0.15, 0.2) is 0 Å². The number of carbonyl (C=O) groups is 3. The zero-order valence-corrected chi connectivity index (χ0v) is 20.3. The number of rotatable bonds is 5. The van der Waals surface area contributed by atoms with Crippen LogP contribution in [0.2, 0.25) is 0 Å². The molecule has 1 aromatic carbocycles. The largest absolute Gasteiger partial charge is 0.497 e. The van der Waals surface area contributed by atoms with Crippen molar-refractivity contribution in [2.24, 2.45) is 11.3 Å².